The van der Waals surface area contributed by atoms with Crippen LogP contribution < -0.4 is 0 Å². The van der Waals surface area contributed by atoms with E-state index in [0.717, 1.165) is 5.69 Å². The first-order valence-corrected chi connectivity index (χ1v) is 3.78. The number of carbonyl (C=O) groups is 1. The van der Waals surface area contributed by atoms with Crippen LogP contribution in [0, 0.1) is 0 Å². The molecule has 1 N–H and O–H groups in total. The summed E-state index contributed by atoms with van der Waals surface area (Å²) in [6, 6.07) is 0. The number of imidazole rings is 1. The highest BCUT2D eigenvalue weighted by atomic mass is 16.5. The van der Waals surface area contributed by atoms with Gasteiger partial charge in [-0.05, 0) is 5.92 Å². The number of rotatable bonds is 2. The van der Waals surface area contributed by atoms with Gasteiger partial charge in [0.05, 0.1) is 7.11 Å². The Balaban J connectivity index is 2.84. The Morgan fingerprint density at radius 1 is 1.67 bits per heavy atom. The molecule has 0 aromatic carbocycles. The molecule has 0 saturated carbocycles. The average Bonchev–Trinajstić information content (AvgIpc) is 2.51. The van der Waals surface area contributed by atoms with Crippen molar-refractivity contribution in [3.63, 3.8) is 0 Å². The molecule has 1 aromatic rings. The summed E-state index contributed by atoms with van der Waals surface area (Å²) in [5.41, 5.74) is 0.940. The van der Waals surface area contributed by atoms with Crippen molar-refractivity contribution >= 4 is 5.97 Å². The van der Waals surface area contributed by atoms with Gasteiger partial charge in [-0.15, -0.1) is 0 Å². The van der Waals surface area contributed by atoms with Gasteiger partial charge in [0.1, 0.15) is 0 Å². The van der Waals surface area contributed by atoms with E-state index in [4.69, 9.17) is 0 Å². The van der Waals surface area contributed by atoms with E-state index in [0.29, 0.717) is 5.92 Å². The minimum atomic E-state index is -0.429. The Labute approximate surface area is 71.0 Å². The van der Waals surface area contributed by atoms with Crippen LogP contribution >= 0.6 is 0 Å². The number of nitrogens with zero attached hydrogens (tertiary/aromatic N) is 1. The smallest absolute Gasteiger partial charge is 0.374 e. The van der Waals surface area contributed by atoms with Gasteiger partial charge in [0, 0.05) is 11.9 Å². The van der Waals surface area contributed by atoms with Crippen molar-refractivity contribution in [2.75, 3.05) is 7.11 Å². The van der Waals surface area contributed by atoms with Gasteiger partial charge in [-0.3, -0.25) is 0 Å². The Kier molecular flexibility index (Phi) is 2.47. The van der Waals surface area contributed by atoms with Crippen LogP contribution in [0.25, 0.3) is 0 Å². The van der Waals surface area contributed by atoms with Crippen molar-refractivity contribution < 1.29 is 9.53 Å². The molecule has 0 unspecified atom stereocenters. The third kappa shape index (κ3) is 1.64. The molecular formula is C8H12N2O2. The number of ether oxygens (including phenoxy) is 1. The fraction of sp³-hybridized carbons (Fsp3) is 0.500. The summed E-state index contributed by atoms with van der Waals surface area (Å²) >= 11 is 0. The molecule has 0 saturated heterocycles. The SMILES string of the molecule is COC(=O)c1ncc(C(C)C)[nH]1. The van der Waals surface area contributed by atoms with Gasteiger partial charge in [-0.2, -0.15) is 0 Å². The maximum atomic E-state index is 10.9. The first-order chi connectivity index (χ1) is 5.65. The summed E-state index contributed by atoms with van der Waals surface area (Å²) in [7, 11) is 1.33. The number of H-pyrrole nitrogens is 1. The van der Waals surface area contributed by atoms with Gasteiger partial charge >= 0.3 is 5.97 Å². The first-order valence-electron chi connectivity index (χ1n) is 3.78. The standard InChI is InChI=1S/C8H12N2O2/c1-5(2)6-4-9-7(10-6)8(11)12-3/h4-5H,1-3H3,(H,9,10). The van der Waals surface area contributed by atoms with E-state index >= 15 is 0 Å². The van der Waals surface area contributed by atoms with Crippen molar-refractivity contribution in [2.24, 2.45) is 0 Å². The van der Waals surface area contributed by atoms with Gasteiger partial charge in [-0.25, -0.2) is 9.78 Å². The molecule has 12 heavy (non-hydrogen) atoms. The van der Waals surface area contributed by atoms with E-state index in [1.165, 1.54) is 7.11 Å². The number of methoxy groups -OCH3 is 1. The molecular weight excluding hydrogens is 156 g/mol. The fourth-order valence-corrected chi connectivity index (χ4v) is 0.829. The number of esters is 1. The first kappa shape index (κ1) is 8.77. The van der Waals surface area contributed by atoms with Crippen molar-refractivity contribution in [3.8, 4) is 0 Å². The number of aromatic amines is 1. The summed E-state index contributed by atoms with van der Waals surface area (Å²) < 4.78 is 4.50. The quantitative estimate of drug-likeness (QED) is 0.677. The molecule has 0 aliphatic rings. The van der Waals surface area contributed by atoms with Crippen molar-refractivity contribution in [1.29, 1.82) is 0 Å². The second-order valence-electron chi connectivity index (χ2n) is 2.83. The molecule has 0 amide bonds. The van der Waals surface area contributed by atoms with Crippen LogP contribution in [0.1, 0.15) is 36.1 Å². The van der Waals surface area contributed by atoms with Gasteiger partial charge in [0.2, 0.25) is 5.82 Å². The molecule has 0 fully saturated rings. The highest BCUT2D eigenvalue weighted by molar-refractivity contribution is 5.85. The Bertz CT molecular complexity index is 278. The predicted octanol–water partition coefficient (Wildman–Crippen LogP) is 1.32. The normalized spacial score (nSPS) is 10.3. The van der Waals surface area contributed by atoms with Crippen molar-refractivity contribution in [3.05, 3.63) is 17.7 Å². The monoisotopic (exact) mass is 168 g/mol. The van der Waals surface area contributed by atoms with Crippen LogP contribution in [-0.4, -0.2) is 23.0 Å². The second kappa shape index (κ2) is 3.38. The highest BCUT2D eigenvalue weighted by Crippen LogP contribution is 2.10. The van der Waals surface area contributed by atoms with E-state index < -0.39 is 5.97 Å². The third-order valence-electron chi connectivity index (χ3n) is 1.60. The van der Waals surface area contributed by atoms with Crippen LogP contribution in [-0.2, 0) is 4.74 Å². The average molecular weight is 168 g/mol. The van der Waals surface area contributed by atoms with Crippen LogP contribution in [0.3, 0.4) is 0 Å². The summed E-state index contributed by atoms with van der Waals surface area (Å²) in [6.07, 6.45) is 1.65. The topological polar surface area (TPSA) is 55.0 Å². The summed E-state index contributed by atoms with van der Waals surface area (Å²) in [4.78, 5) is 17.7. The molecule has 1 heterocycles. The second-order valence-corrected chi connectivity index (χ2v) is 2.83. The molecule has 0 bridgehead atoms. The zero-order valence-electron chi connectivity index (χ0n) is 7.42. The minimum absolute atomic E-state index is 0.265. The van der Waals surface area contributed by atoms with Crippen LogP contribution in [0.5, 0.6) is 0 Å². The lowest BCUT2D eigenvalue weighted by Gasteiger charge is -1.97. The molecule has 4 heteroatoms. The molecule has 1 aromatic heterocycles. The zero-order chi connectivity index (χ0) is 9.14. The maximum absolute atomic E-state index is 10.9. The van der Waals surface area contributed by atoms with E-state index in [2.05, 4.69) is 14.7 Å². The van der Waals surface area contributed by atoms with Gasteiger partial charge in [0.15, 0.2) is 0 Å². The number of carbonyl (C=O) groups excluding carboxylic acids is 1. The molecule has 4 nitrogen and oxygen atoms in total. The lowest BCUT2D eigenvalue weighted by molar-refractivity contribution is 0.0588. The summed E-state index contributed by atoms with van der Waals surface area (Å²) in [5.74, 6) is 0.180. The van der Waals surface area contributed by atoms with Gasteiger partial charge in [-0.1, -0.05) is 13.8 Å². The van der Waals surface area contributed by atoms with Crippen LogP contribution in [0.15, 0.2) is 6.20 Å². The molecule has 0 aliphatic heterocycles. The summed E-state index contributed by atoms with van der Waals surface area (Å²) in [6.45, 7) is 4.04. The van der Waals surface area contributed by atoms with Crippen LogP contribution in [0.2, 0.25) is 0 Å². The lowest BCUT2D eigenvalue weighted by Crippen LogP contribution is -2.03. The van der Waals surface area contributed by atoms with E-state index in [9.17, 15) is 4.79 Å². The van der Waals surface area contributed by atoms with Gasteiger partial charge in [0.25, 0.3) is 0 Å². The molecule has 1 rings (SSSR count). The number of hydrogen-bond acceptors (Lipinski definition) is 3. The lowest BCUT2D eigenvalue weighted by atomic mass is 10.2. The Morgan fingerprint density at radius 2 is 2.33 bits per heavy atom. The third-order valence-corrected chi connectivity index (χ3v) is 1.60. The zero-order valence-corrected chi connectivity index (χ0v) is 7.42. The molecule has 66 valence electrons. The van der Waals surface area contributed by atoms with Gasteiger partial charge < -0.3 is 9.72 Å². The van der Waals surface area contributed by atoms with E-state index in [1.807, 2.05) is 13.8 Å². The fourth-order valence-electron chi connectivity index (χ4n) is 0.829. The largest absolute Gasteiger partial charge is 0.463 e. The molecule has 0 radical (unpaired) electrons. The predicted molar refractivity (Wildman–Crippen MR) is 44.0 cm³/mol. The minimum Gasteiger partial charge on any atom is -0.463 e. The molecule has 0 spiro atoms. The number of hydrogen-bond donors (Lipinski definition) is 1. The van der Waals surface area contributed by atoms with E-state index in [-0.39, 0.29) is 5.82 Å². The number of aromatic nitrogens is 2. The van der Waals surface area contributed by atoms with Crippen LogP contribution in [0.4, 0.5) is 0 Å². The Morgan fingerprint density at radius 3 is 2.75 bits per heavy atom. The molecule has 0 aliphatic carbocycles. The Hall–Kier alpha value is -1.32. The number of nitrogens with one attached hydrogen (secondary N) is 1. The van der Waals surface area contributed by atoms with Crippen molar-refractivity contribution in [2.45, 2.75) is 19.8 Å². The summed E-state index contributed by atoms with van der Waals surface area (Å²) in [5, 5.41) is 0. The van der Waals surface area contributed by atoms with E-state index in [1.54, 1.807) is 6.20 Å². The highest BCUT2D eigenvalue weighted by Gasteiger charge is 2.10. The molecule has 0 atom stereocenters. The van der Waals surface area contributed by atoms with Crippen molar-refractivity contribution in [1.82, 2.24) is 9.97 Å². The maximum Gasteiger partial charge on any atom is 0.374 e.